The van der Waals surface area contributed by atoms with Crippen LogP contribution in [0.4, 0.5) is 15.8 Å². The Morgan fingerprint density at radius 1 is 1.56 bits per heavy atom. The predicted octanol–water partition coefficient (Wildman–Crippen LogP) is 2.24. The van der Waals surface area contributed by atoms with Gasteiger partial charge in [0.05, 0.1) is 5.69 Å². The molecule has 0 heterocycles. The number of hydrogen-bond donors (Lipinski definition) is 1. The standard InChI is InChI=1S/C11H13FN2O2/c1-16-7-3-6-13-10-5-2-4-9(12)11(10)14-8-15/h2,4-5,13H,3,6-7H2,1H3. The number of nitrogens with zero attached hydrogens (tertiary/aromatic N) is 1. The van der Waals surface area contributed by atoms with E-state index in [0.717, 1.165) is 6.42 Å². The number of aliphatic imine (C=N–C) groups is 1. The maximum absolute atomic E-state index is 13.3. The lowest BCUT2D eigenvalue weighted by molar-refractivity contribution is 0.198. The third-order valence-electron chi connectivity index (χ3n) is 1.98. The number of nitrogens with one attached hydrogen (secondary N) is 1. The molecule has 0 bridgehead atoms. The second-order valence-electron chi connectivity index (χ2n) is 3.11. The molecule has 86 valence electrons. The molecule has 1 aromatic rings. The van der Waals surface area contributed by atoms with E-state index in [1.807, 2.05) is 0 Å². The first-order valence-corrected chi connectivity index (χ1v) is 4.88. The zero-order chi connectivity index (χ0) is 11.8. The zero-order valence-corrected chi connectivity index (χ0v) is 9.00. The molecule has 1 N–H and O–H groups in total. The first kappa shape index (κ1) is 12.4. The molecule has 5 heteroatoms. The van der Waals surface area contributed by atoms with Crippen molar-refractivity contribution in [2.45, 2.75) is 6.42 Å². The van der Waals surface area contributed by atoms with Crippen LogP contribution >= 0.6 is 0 Å². The van der Waals surface area contributed by atoms with E-state index in [1.165, 1.54) is 12.1 Å². The van der Waals surface area contributed by atoms with Gasteiger partial charge in [-0.25, -0.2) is 9.18 Å². The van der Waals surface area contributed by atoms with Gasteiger partial charge in [-0.1, -0.05) is 6.07 Å². The van der Waals surface area contributed by atoms with Crippen molar-refractivity contribution in [1.29, 1.82) is 0 Å². The average molecular weight is 224 g/mol. The third kappa shape index (κ3) is 3.46. The second-order valence-corrected chi connectivity index (χ2v) is 3.11. The van der Waals surface area contributed by atoms with Crippen LogP contribution in [0.15, 0.2) is 23.2 Å². The van der Waals surface area contributed by atoms with Crippen molar-refractivity contribution >= 4 is 17.5 Å². The van der Waals surface area contributed by atoms with Gasteiger partial charge in [0.25, 0.3) is 0 Å². The summed E-state index contributed by atoms with van der Waals surface area (Å²) in [5.74, 6) is -0.542. The van der Waals surface area contributed by atoms with Gasteiger partial charge >= 0.3 is 0 Å². The van der Waals surface area contributed by atoms with E-state index in [9.17, 15) is 9.18 Å². The van der Waals surface area contributed by atoms with Crippen LogP contribution in [0.1, 0.15) is 6.42 Å². The lowest BCUT2D eigenvalue weighted by Gasteiger charge is -2.08. The number of isocyanates is 1. The van der Waals surface area contributed by atoms with Gasteiger partial charge in [0.1, 0.15) is 5.69 Å². The molecule has 0 radical (unpaired) electrons. The summed E-state index contributed by atoms with van der Waals surface area (Å²) in [6.07, 6.45) is 2.13. The van der Waals surface area contributed by atoms with E-state index in [0.29, 0.717) is 18.8 Å². The third-order valence-corrected chi connectivity index (χ3v) is 1.98. The summed E-state index contributed by atoms with van der Waals surface area (Å²) in [4.78, 5) is 13.5. The Balaban J connectivity index is 2.71. The smallest absolute Gasteiger partial charge is 0.240 e. The van der Waals surface area contributed by atoms with Gasteiger partial charge in [0.2, 0.25) is 6.08 Å². The summed E-state index contributed by atoms with van der Waals surface area (Å²) in [5.41, 5.74) is 0.481. The zero-order valence-electron chi connectivity index (χ0n) is 9.00. The Morgan fingerprint density at radius 3 is 3.06 bits per heavy atom. The monoisotopic (exact) mass is 224 g/mol. The normalized spacial score (nSPS) is 9.62. The number of rotatable bonds is 6. The minimum Gasteiger partial charge on any atom is -0.385 e. The molecule has 16 heavy (non-hydrogen) atoms. The summed E-state index contributed by atoms with van der Waals surface area (Å²) in [6.45, 7) is 1.24. The Hall–Kier alpha value is -1.71. The molecule has 0 atom stereocenters. The van der Waals surface area contributed by atoms with Gasteiger partial charge < -0.3 is 10.1 Å². The highest BCUT2D eigenvalue weighted by Gasteiger charge is 2.06. The van der Waals surface area contributed by atoms with E-state index >= 15 is 0 Å². The molecular weight excluding hydrogens is 211 g/mol. The highest BCUT2D eigenvalue weighted by Crippen LogP contribution is 2.27. The summed E-state index contributed by atoms with van der Waals surface area (Å²) < 4.78 is 18.2. The van der Waals surface area contributed by atoms with Gasteiger partial charge in [0.15, 0.2) is 5.82 Å². The number of anilines is 1. The fraction of sp³-hybridized carbons (Fsp3) is 0.364. The van der Waals surface area contributed by atoms with Crippen LogP contribution in [0, 0.1) is 5.82 Å². The molecule has 0 fully saturated rings. The van der Waals surface area contributed by atoms with Crippen molar-refractivity contribution in [3.63, 3.8) is 0 Å². The molecule has 0 amide bonds. The molecule has 0 unspecified atom stereocenters. The quantitative estimate of drug-likeness (QED) is 0.458. The number of benzene rings is 1. The molecule has 0 saturated carbocycles. The van der Waals surface area contributed by atoms with Gasteiger partial charge in [0, 0.05) is 20.3 Å². The minimum atomic E-state index is -0.542. The van der Waals surface area contributed by atoms with E-state index in [1.54, 1.807) is 19.2 Å². The van der Waals surface area contributed by atoms with E-state index in [2.05, 4.69) is 10.3 Å². The molecule has 0 spiro atoms. The molecule has 1 aromatic carbocycles. The largest absolute Gasteiger partial charge is 0.385 e. The number of ether oxygens (including phenoxy) is 1. The highest BCUT2D eigenvalue weighted by molar-refractivity contribution is 5.68. The van der Waals surface area contributed by atoms with Crippen LogP contribution in [0.3, 0.4) is 0 Å². The van der Waals surface area contributed by atoms with Crippen LogP contribution in [0.2, 0.25) is 0 Å². The topological polar surface area (TPSA) is 50.7 Å². The van der Waals surface area contributed by atoms with Gasteiger partial charge in [-0.2, -0.15) is 4.99 Å². The summed E-state index contributed by atoms with van der Waals surface area (Å²) in [7, 11) is 1.62. The summed E-state index contributed by atoms with van der Waals surface area (Å²) >= 11 is 0. The molecule has 0 aromatic heterocycles. The number of para-hydroxylation sites is 1. The van der Waals surface area contributed by atoms with Crippen LogP contribution in [-0.4, -0.2) is 26.3 Å². The van der Waals surface area contributed by atoms with Crippen LogP contribution in [-0.2, 0) is 9.53 Å². The van der Waals surface area contributed by atoms with E-state index in [-0.39, 0.29) is 5.69 Å². The van der Waals surface area contributed by atoms with E-state index < -0.39 is 5.82 Å². The van der Waals surface area contributed by atoms with Crippen molar-refractivity contribution in [2.75, 3.05) is 25.6 Å². The summed E-state index contributed by atoms with van der Waals surface area (Å²) in [5, 5.41) is 2.98. The lowest BCUT2D eigenvalue weighted by Crippen LogP contribution is -2.05. The predicted molar refractivity (Wildman–Crippen MR) is 59.2 cm³/mol. The van der Waals surface area contributed by atoms with Crippen LogP contribution < -0.4 is 5.32 Å². The minimum absolute atomic E-state index is 0.00471. The van der Waals surface area contributed by atoms with Gasteiger partial charge in [-0.05, 0) is 18.6 Å². The fourth-order valence-corrected chi connectivity index (χ4v) is 1.26. The lowest BCUT2D eigenvalue weighted by atomic mass is 10.2. The van der Waals surface area contributed by atoms with E-state index in [4.69, 9.17) is 4.74 Å². The molecule has 0 aliphatic rings. The summed E-state index contributed by atoms with van der Waals surface area (Å²) in [6, 6.07) is 4.46. The Kier molecular flexibility index (Phi) is 5.19. The maximum Gasteiger partial charge on any atom is 0.240 e. The fourth-order valence-electron chi connectivity index (χ4n) is 1.26. The Labute approximate surface area is 93.1 Å². The van der Waals surface area contributed by atoms with Crippen LogP contribution in [0.25, 0.3) is 0 Å². The highest BCUT2D eigenvalue weighted by atomic mass is 19.1. The Morgan fingerprint density at radius 2 is 2.38 bits per heavy atom. The van der Waals surface area contributed by atoms with Crippen molar-refractivity contribution in [3.05, 3.63) is 24.0 Å². The Bertz CT molecular complexity index is 390. The number of hydrogen-bond acceptors (Lipinski definition) is 4. The first-order valence-electron chi connectivity index (χ1n) is 4.88. The SMILES string of the molecule is COCCCNc1cccc(F)c1N=C=O. The molecule has 1 rings (SSSR count). The maximum atomic E-state index is 13.3. The van der Waals surface area contributed by atoms with Crippen molar-refractivity contribution < 1.29 is 13.9 Å². The van der Waals surface area contributed by atoms with Crippen molar-refractivity contribution in [3.8, 4) is 0 Å². The molecular formula is C11H13FN2O2. The van der Waals surface area contributed by atoms with Crippen molar-refractivity contribution in [1.82, 2.24) is 0 Å². The number of carbonyl (C=O) groups excluding carboxylic acids is 1. The van der Waals surface area contributed by atoms with Crippen molar-refractivity contribution in [2.24, 2.45) is 4.99 Å². The number of halogens is 1. The van der Waals surface area contributed by atoms with Gasteiger partial charge in [-0.3, -0.25) is 0 Å². The average Bonchev–Trinajstić information content (AvgIpc) is 2.29. The number of methoxy groups -OCH3 is 1. The molecule has 4 nitrogen and oxygen atoms in total. The molecule has 0 saturated heterocycles. The van der Waals surface area contributed by atoms with Crippen LogP contribution in [0.5, 0.6) is 0 Å². The van der Waals surface area contributed by atoms with Gasteiger partial charge in [-0.15, -0.1) is 0 Å². The first-order chi connectivity index (χ1) is 7.79. The molecule has 0 aliphatic carbocycles. The molecule has 0 aliphatic heterocycles. The second kappa shape index (κ2) is 6.71.